The van der Waals surface area contributed by atoms with Crippen LogP contribution in [0.25, 0.3) is 0 Å². The Morgan fingerprint density at radius 2 is 2.18 bits per heavy atom. The molecule has 0 fully saturated rings. The van der Waals surface area contributed by atoms with Crippen molar-refractivity contribution < 1.29 is 0 Å². The van der Waals surface area contributed by atoms with Gasteiger partial charge in [-0.05, 0) is 44.2 Å². The van der Waals surface area contributed by atoms with Gasteiger partial charge < -0.3 is 5.32 Å². The van der Waals surface area contributed by atoms with E-state index >= 15 is 0 Å². The van der Waals surface area contributed by atoms with Crippen molar-refractivity contribution in [2.75, 3.05) is 6.54 Å². The highest BCUT2D eigenvalue weighted by molar-refractivity contribution is 4.99. The maximum atomic E-state index is 4.43. The second-order valence-corrected chi connectivity index (χ2v) is 5.30. The molecule has 1 heterocycles. The van der Waals surface area contributed by atoms with Crippen LogP contribution in [0.3, 0.4) is 0 Å². The Balaban J connectivity index is 2.36. The second kappa shape index (κ2) is 7.49. The zero-order valence-electron chi connectivity index (χ0n) is 11.7. The summed E-state index contributed by atoms with van der Waals surface area (Å²) in [4.78, 5) is 0. The van der Waals surface area contributed by atoms with E-state index in [4.69, 9.17) is 0 Å². The van der Waals surface area contributed by atoms with E-state index in [-0.39, 0.29) is 0 Å². The largest absolute Gasteiger partial charge is 0.314 e. The molecule has 98 valence electrons. The van der Waals surface area contributed by atoms with E-state index in [2.05, 4.69) is 37.3 Å². The summed E-state index contributed by atoms with van der Waals surface area (Å²) in [6.45, 7) is 7.93. The predicted molar refractivity (Wildman–Crippen MR) is 73.1 cm³/mol. The lowest BCUT2D eigenvalue weighted by atomic mass is 9.99. The molecule has 17 heavy (non-hydrogen) atoms. The SMILES string of the molecule is CCCNC(CCc1ccn(C)n1)CC(C)C. The highest BCUT2D eigenvalue weighted by Crippen LogP contribution is 2.11. The number of aryl methyl sites for hydroxylation is 2. The van der Waals surface area contributed by atoms with Crippen molar-refractivity contribution in [3.8, 4) is 0 Å². The quantitative estimate of drug-likeness (QED) is 0.753. The molecule has 1 N–H and O–H groups in total. The molecule has 0 saturated heterocycles. The molecule has 0 aliphatic rings. The number of hydrogen-bond donors (Lipinski definition) is 1. The van der Waals surface area contributed by atoms with Gasteiger partial charge in [0, 0.05) is 19.3 Å². The zero-order chi connectivity index (χ0) is 12.7. The normalized spacial score (nSPS) is 13.2. The van der Waals surface area contributed by atoms with E-state index in [0.717, 1.165) is 18.9 Å². The van der Waals surface area contributed by atoms with E-state index in [1.54, 1.807) is 0 Å². The smallest absolute Gasteiger partial charge is 0.0625 e. The van der Waals surface area contributed by atoms with Crippen LogP contribution in [0.15, 0.2) is 12.3 Å². The van der Waals surface area contributed by atoms with Gasteiger partial charge in [-0.25, -0.2) is 0 Å². The molecule has 0 amide bonds. The van der Waals surface area contributed by atoms with Crippen molar-refractivity contribution in [3.63, 3.8) is 0 Å². The van der Waals surface area contributed by atoms with Gasteiger partial charge in [0.15, 0.2) is 0 Å². The first-order valence-electron chi connectivity index (χ1n) is 6.83. The van der Waals surface area contributed by atoms with Crippen molar-refractivity contribution in [1.29, 1.82) is 0 Å². The monoisotopic (exact) mass is 237 g/mol. The van der Waals surface area contributed by atoms with Crippen LogP contribution in [0.2, 0.25) is 0 Å². The molecular weight excluding hydrogens is 210 g/mol. The van der Waals surface area contributed by atoms with Gasteiger partial charge in [0.1, 0.15) is 0 Å². The van der Waals surface area contributed by atoms with Gasteiger partial charge in [0.25, 0.3) is 0 Å². The lowest BCUT2D eigenvalue weighted by Gasteiger charge is -2.20. The maximum absolute atomic E-state index is 4.43. The Bertz CT molecular complexity index is 304. The first-order chi connectivity index (χ1) is 8.11. The summed E-state index contributed by atoms with van der Waals surface area (Å²) < 4.78 is 1.88. The number of rotatable bonds is 8. The van der Waals surface area contributed by atoms with Gasteiger partial charge in [-0.3, -0.25) is 4.68 Å². The minimum absolute atomic E-state index is 0.636. The summed E-state index contributed by atoms with van der Waals surface area (Å²) in [7, 11) is 1.98. The molecule has 1 rings (SSSR count). The first kappa shape index (κ1) is 14.2. The molecule has 3 heteroatoms. The fourth-order valence-corrected chi connectivity index (χ4v) is 2.14. The van der Waals surface area contributed by atoms with Gasteiger partial charge in [0.05, 0.1) is 5.69 Å². The third kappa shape index (κ3) is 5.87. The minimum atomic E-state index is 0.636. The Labute approximate surface area is 106 Å². The summed E-state index contributed by atoms with van der Waals surface area (Å²) in [5, 5.41) is 8.07. The standard InChI is InChI=1S/C14H27N3/c1-5-9-15-14(11-12(2)3)7-6-13-8-10-17(4)16-13/h8,10,12,14-15H,5-7,9,11H2,1-4H3. The van der Waals surface area contributed by atoms with Crippen molar-refractivity contribution in [2.45, 2.75) is 52.5 Å². The highest BCUT2D eigenvalue weighted by atomic mass is 15.2. The van der Waals surface area contributed by atoms with E-state index in [1.165, 1.54) is 25.0 Å². The third-order valence-corrected chi connectivity index (χ3v) is 2.96. The van der Waals surface area contributed by atoms with Gasteiger partial charge in [-0.1, -0.05) is 20.8 Å². The zero-order valence-corrected chi connectivity index (χ0v) is 11.7. The van der Waals surface area contributed by atoms with Crippen molar-refractivity contribution in [2.24, 2.45) is 13.0 Å². The Morgan fingerprint density at radius 3 is 2.71 bits per heavy atom. The first-order valence-corrected chi connectivity index (χ1v) is 6.83. The van der Waals surface area contributed by atoms with Crippen LogP contribution in [-0.4, -0.2) is 22.4 Å². The van der Waals surface area contributed by atoms with Gasteiger partial charge in [-0.2, -0.15) is 5.10 Å². The van der Waals surface area contributed by atoms with Crippen molar-refractivity contribution in [3.05, 3.63) is 18.0 Å². The highest BCUT2D eigenvalue weighted by Gasteiger charge is 2.10. The molecule has 0 aliphatic carbocycles. The molecule has 0 radical (unpaired) electrons. The second-order valence-electron chi connectivity index (χ2n) is 5.30. The number of aromatic nitrogens is 2. The lowest BCUT2D eigenvalue weighted by Crippen LogP contribution is -2.31. The summed E-state index contributed by atoms with van der Waals surface area (Å²) in [6.07, 6.45) is 6.75. The van der Waals surface area contributed by atoms with Crippen molar-refractivity contribution in [1.82, 2.24) is 15.1 Å². The Hall–Kier alpha value is -0.830. The van der Waals surface area contributed by atoms with Crippen LogP contribution < -0.4 is 5.32 Å². The molecule has 1 aromatic rings. The molecule has 0 bridgehead atoms. The average Bonchev–Trinajstić information content (AvgIpc) is 2.68. The Kier molecular flexibility index (Phi) is 6.27. The van der Waals surface area contributed by atoms with E-state index < -0.39 is 0 Å². The minimum Gasteiger partial charge on any atom is -0.314 e. The fourth-order valence-electron chi connectivity index (χ4n) is 2.14. The van der Waals surface area contributed by atoms with E-state index in [0.29, 0.717) is 6.04 Å². The summed E-state index contributed by atoms with van der Waals surface area (Å²) in [5.41, 5.74) is 1.21. The van der Waals surface area contributed by atoms with Gasteiger partial charge in [0.2, 0.25) is 0 Å². The summed E-state index contributed by atoms with van der Waals surface area (Å²) in [5.74, 6) is 0.757. The van der Waals surface area contributed by atoms with Crippen LogP contribution in [0.1, 0.15) is 45.7 Å². The molecule has 3 nitrogen and oxygen atoms in total. The average molecular weight is 237 g/mol. The topological polar surface area (TPSA) is 29.9 Å². The fraction of sp³-hybridized carbons (Fsp3) is 0.786. The van der Waals surface area contributed by atoms with Gasteiger partial charge >= 0.3 is 0 Å². The molecule has 1 aromatic heterocycles. The number of nitrogens with one attached hydrogen (secondary N) is 1. The van der Waals surface area contributed by atoms with Crippen molar-refractivity contribution >= 4 is 0 Å². The third-order valence-electron chi connectivity index (χ3n) is 2.96. The molecule has 0 saturated carbocycles. The molecule has 0 aliphatic heterocycles. The lowest BCUT2D eigenvalue weighted by molar-refractivity contribution is 0.397. The van der Waals surface area contributed by atoms with Crippen LogP contribution in [0, 0.1) is 5.92 Å². The number of hydrogen-bond acceptors (Lipinski definition) is 2. The maximum Gasteiger partial charge on any atom is 0.0625 e. The van der Waals surface area contributed by atoms with E-state index in [1.807, 2.05) is 17.9 Å². The van der Waals surface area contributed by atoms with Crippen LogP contribution >= 0.6 is 0 Å². The summed E-state index contributed by atoms with van der Waals surface area (Å²) in [6, 6.07) is 2.75. The molecular formula is C14H27N3. The summed E-state index contributed by atoms with van der Waals surface area (Å²) >= 11 is 0. The predicted octanol–water partition coefficient (Wildman–Crippen LogP) is 2.77. The van der Waals surface area contributed by atoms with Gasteiger partial charge in [-0.15, -0.1) is 0 Å². The van der Waals surface area contributed by atoms with Crippen LogP contribution in [-0.2, 0) is 13.5 Å². The van der Waals surface area contributed by atoms with Crippen LogP contribution in [0.5, 0.6) is 0 Å². The molecule has 1 atom stereocenters. The van der Waals surface area contributed by atoms with Crippen LogP contribution in [0.4, 0.5) is 0 Å². The molecule has 0 spiro atoms. The number of nitrogens with zero attached hydrogens (tertiary/aromatic N) is 2. The molecule has 0 aromatic carbocycles. The Morgan fingerprint density at radius 1 is 1.41 bits per heavy atom. The van der Waals surface area contributed by atoms with E-state index in [9.17, 15) is 0 Å². The molecule has 1 unspecified atom stereocenters.